The van der Waals surface area contributed by atoms with Gasteiger partial charge in [0, 0.05) is 48.3 Å². The SMILES string of the molecule is [2H]C([2H])([2H])c1cccc(-c2cnn(-c3nc(N4CCOCC4)c4oc(-c5ccn(C)n5)cc4n3)c2)c1. The molecule has 1 aromatic carbocycles. The van der Waals surface area contributed by atoms with Gasteiger partial charge >= 0.3 is 0 Å². The monoisotopic (exact) mass is 444 g/mol. The highest BCUT2D eigenvalue weighted by Gasteiger charge is 2.22. The van der Waals surface area contributed by atoms with Gasteiger partial charge in [-0.15, -0.1) is 0 Å². The van der Waals surface area contributed by atoms with E-state index < -0.39 is 6.85 Å². The Balaban J connectivity index is 1.43. The van der Waals surface area contributed by atoms with Crippen molar-refractivity contribution in [1.29, 1.82) is 0 Å². The van der Waals surface area contributed by atoms with E-state index in [1.165, 1.54) is 0 Å². The average molecular weight is 445 g/mol. The number of anilines is 1. The second-order valence-corrected chi connectivity index (χ2v) is 7.90. The summed E-state index contributed by atoms with van der Waals surface area (Å²) in [6.07, 6.45) is 5.33. The van der Waals surface area contributed by atoms with Crippen LogP contribution in [0, 0.1) is 6.85 Å². The summed E-state index contributed by atoms with van der Waals surface area (Å²) in [6, 6.07) is 10.6. The summed E-state index contributed by atoms with van der Waals surface area (Å²) in [5.74, 6) is 1.66. The Morgan fingerprint density at radius 2 is 1.97 bits per heavy atom. The van der Waals surface area contributed by atoms with Crippen LogP contribution in [0.25, 0.3) is 39.6 Å². The third kappa shape index (κ3) is 3.66. The van der Waals surface area contributed by atoms with Gasteiger partial charge in [-0.3, -0.25) is 4.68 Å². The maximum absolute atomic E-state index is 7.70. The number of benzene rings is 1. The summed E-state index contributed by atoms with van der Waals surface area (Å²) < 4.78 is 38.1. The van der Waals surface area contributed by atoms with Crippen LogP contribution in [0.15, 0.2) is 59.4 Å². The molecule has 6 rings (SSSR count). The molecular formula is C24H23N7O2. The second-order valence-electron chi connectivity index (χ2n) is 7.90. The quantitative estimate of drug-likeness (QED) is 0.418. The van der Waals surface area contributed by atoms with Crippen molar-refractivity contribution in [2.45, 2.75) is 6.85 Å². The van der Waals surface area contributed by atoms with E-state index >= 15 is 0 Å². The number of nitrogens with zero attached hydrogens (tertiary/aromatic N) is 7. The zero-order valence-corrected chi connectivity index (χ0v) is 18.0. The molecule has 33 heavy (non-hydrogen) atoms. The van der Waals surface area contributed by atoms with E-state index in [1.54, 1.807) is 40.0 Å². The highest BCUT2D eigenvalue weighted by Crippen LogP contribution is 2.32. The summed E-state index contributed by atoms with van der Waals surface area (Å²) in [7, 11) is 1.85. The van der Waals surface area contributed by atoms with Crippen LogP contribution < -0.4 is 4.90 Å². The summed E-state index contributed by atoms with van der Waals surface area (Å²) in [5, 5.41) is 8.92. The van der Waals surface area contributed by atoms with E-state index in [0.717, 1.165) is 11.1 Å². The van der Waals surface area contributed by atoms with Crippen LogP contribution in [0.3, 0.4) is 0 Å². The predicted octanol–water partition coefficient (Wildman–Crippen LogP) is 3.62. The third-order valence-corrected chi connectivity index (χ3v) is 5.60. The van der Waals surface area contributed by atoms with Gasteiger partial charge in [0.05, 0.1) is 19.4 Å². The summed E-state index contributed by atoms with van der Waals surface area (Å²) >= 11 is 0. The first-order chi connectivity index (χ1) is 17.3. The number of fused-ring (bicyclic) bond motifs is 1. The molecule has 1 aliphatic rings. The molecule has 1 aliphatic heterocycles. The van der Waals surface area contributed by atoms with Crippen molar-refractivity contribution in [2.24, 2.45) is 7.05 Å². The molecule has 1 saturated heterocycles. The molecule has 0 bridgehead atoms. The van der Waals surface area contributed by atoms with Gasteiger partial charge in [-0.2, -0.15) is 15.2 Å². The van der Waals surface area contributed by atoms with E-state index in [-0.39, 0.29) is 5.56 Å². The van der Waals surface area contributed by atoms with E-state index in [1.807, 2.05) is 31.4 Å². The molecule has 4 aromatic heterocycles. The van der Waals surface area contributed by atoms with Crippen LogP contribution >= 0.6 is 0 Å². The molecule has 0 saturated carbocycles. The predicted molar refractivity (Wildman–Crippen MR) is 124 cm³/mol. The van der Waals surface area contributed by atoms with Gasteiger partial charge in [0.25, 0.3) is 5.95 Å². The molecule has 0 N–H and O–H groups in total. The molecule has 5 aromatic rings. The Morgan fingerprint density at radius 3 is 2.79 bits per heavy atom. The van der Waals surface area contributed by atoms with Crippen LogP contribution in [0.5, 0.6) is 0 Å². The second kappa shape index (κ2) is 7.86. The summed E-state index contributed by atoms with van der Waals surface area (Å²) in [5.41, 5.74) is 3.73. The maximum Gasteiger partial charge on any atom is 0.253 e. The highest BCUT2D eigenvalue weighted by atomic mass is 16.5. The molecule has 9 nitrogen and oxygen atoms in total. The lowest BCUT2D eigenvalue weighted by molar-refractivity contribution is 0.122. The summed E-state index contributed by atoms with van der Waals surface area (Å²) in [6.45, 7) is 0.371. The molecule has 0 spiro atoms. The Kier molecular flexibility index (Phi) is 3.96. The molecule has 0 unspecified atom stereocenters. The number of rotatable bonds is 4. The van der Waals surface area contributed by atoms with E-state index in [9.17, 15) is 0 Å². The fourth-order valence-corrected chi connectivity index (χ4v) is 3.95. The van der Waals surface area contributed by atoms with Crippen LogP contribution in [0.2, 0.25) is 0 Å². The van der Waals surface area contributed by atoms with Gasteiger partial charge in [0.2, 0.25) is 0 Å². The van der Waals surface area contributed by atoms with Gasteiger partial charge in [0.15, 0.2) is 17.2 Å². The molecule has 9 heteroatoms. The Morgan fingerprint density at radius 1 is 1.06 bits per heavy atom. The topological polar surface area (TPSA) is 87.0 Å². The maximum atomic E-state index is 7.70. The van der Waals surface area contributed by atoms with Gasteiger partial charge in [0.1, 0.15) is 11.2 Å². The molecule has 0 atom stereocenters. The minimum atomic E-state index is -2.18. The first-order valence-electron chi connectivity index (χ1n) is 12.2. The minimum Gasteiger partial charge on any atom is -0.449 e. The highest BCUT2D eigenvalue weighted by molar-refractivity contribution is 5.88. The first kappa shape index (κ1) is 16.6. The van der Waals surface area contributed by atoms with Crippen molar-refractivity contribution >= 4 is 16.9 Å². The van der Waals surface area contributed by atoms with Crippen molar-refractivity contribution in [2.75, 3.05) is 31.2 Å². The molecule has 166 valence electrons. The molecule has 0 radical (unpaired) electrons. The molecule has 0 aliphatic carbocycles. The van der Waals surface area contributed by atoms with Crippen molar-refractivity contribution in [3.63, 3.8) is 0 Å². The van der Waals surface area contributed by atoms with E-state index in [2.05, 4.69) is 15.1 Å². The minimum absolute atomic E-state index is 0.278. The standard InChI is InChI=1S/C24H23N7O2/c1-16-4-3-5-17(12-16)18-14-25-31(15-18)24-26-20-13-21(19-6-7-29(2)28-19)33-22(20)23(27-24)30-8-10-32-11-9-30/h3-7,12-15H,8-11H2,1-2H3/i1D3. The number of aryl methyl sites for hydroxylation is 2. The van der Waals surface area contributed by atoms with E-state index in [0.29, 0.717) is 60.6 Å². The number of furan rings is 1. The number of hydrogen-bond donors (Lipinski definition) is 0. The fraction of sp³-hybridized carbons (Fsp3) is 0.250. The van der Waals surface area contributed by atoms with Gasteiger partial charge in [-0.1, -0.05) is 29.8 Å². The van der Waals surface area contributed by atoms with Crippen molar-refractivity contribution in [1.82, 2.24) is 29.5 Å². The van der Waals surface area contributed by atoms with Crippen LogP contribution in [-0.4, -0.2) is 55.8 Å². The number of hydrogen-bond acceptors (Lipinski definition) is 7. The largest absolute Gasteiger partial charge is 0.449 e. The summed E-state index contributed by atoms with van der Waals surface area (Å²) in [4.78, 5) is 11.7. The Bertz CT molecular complexity index is 1550. The first-order valence-corrected chi connectivity index (χ1v) is 10.7. The van der Waals surface area contributed by atoms with Crippen LogP contribution in [-0.2, 0) is 11.8 Å². The molecular weight excluding hydrogens is 418 g/mol. The Labute approximate surface area is 194 Å². The van der Waals surface area contributed by atoms with Crippen molar-refractivity contribution < 1.29 is 13.3 Å². The van der Waals surface area contributed by atoms with Crippen LogP contribution in [0.4, 0.5) is 5.82 Å². The van der Waals surface area contributed by atoms with Crippen LogP contribution in [0.1, 0.15) is 9.68 Å². The van der Waals surface area contributed by atoms with E-state index in [4.69, 9.17) is 23.2 Å². The fourth-order valence-electron chi connectivity index (χ4n) is 3.95. The Hall–Kier alpha value is -3.98. The normalized spacial score (nSPS) is 16.0. The molecule has 5 heterocycles. The number of ether oxygens (including phenoxy) is 1. The lowest BCUT2D eigenvalue weighted by atomic mass is 10.1. The smallest absolute Gasteiger partial charge is 0.253 e. The van der Waals surface area contributed by atoms with Gasteiger partial charge < -0.3 is 14.1 Å². The lowest BCUT2D eigenvalue weighted by Crippen LogP contribution is -2.37. The third-order valence-electron chi connectivity index (χ3n) is 5.60. The molecule has 0 amide bonds. The zero-order valence-electron chi connectivity index (χ0n) is 21.0. The lowest BCUT2D eigenvalue weighted by Gasteiger charge is -2.27. The number of morpholine rings is 1. The van der Waals surface area contributed by atoms with Gasteiger partial charge in [-0.25, -0.2) is 9.67 Å². The van der Waals surface area contributed by atoms with Gasteiger partial charge in [-0.05, 0) is 18.5 Å². The van der Waals surface area contributed by atoms with Crippen molar-refractivity contribution in [3.05, 3.63) is 60.6 Å². The van der Waals surface area contributed by atoms with Crippen molar-refractivity contribution in [3.8, 4) is 28.5 Å². The average Bonchev–Trinajstić information content (AvgIpc) is 3.63. The number of aromatic nitrogens is 6. The zero-order chi connectivity index (χ0) is 24.9. The molecule has 1 fully saturated rings.